The number of aromatic nitrogens is 4. The van der Waals surface area contributed by atoms with Gasteiger partial charge < -0.3 is 19.8 Å². The first-order chi connectivity index (χ1) is 12.2. The average Bonchev–Trinajstić information content (AvgIpc) is 3.00. The fourth-order valence-electron chi connectivity index (χ4n) is 2.84. The number of imidazole rings is 1. The Morgan fingerprint density at radius 3 is 2.48 bits per heavy atom. The standard InChI is InChI=1S/C18H23N5O2/c1-4-5-6-14-20-15-16(18(25-3)22-21-17(15)19)23(14)11-12-7-9-13(24-2)10-8-12/h7-10H,4-6,11H2,1-3H3,(H2,19,21). The zero-order valence-electron chi connectivity index (χ0n) is 14.8. The summed E-state index contributed by atoms with van der Waals surface area (Å²) in [6.45, 7) is 2.82. The van der Waals surface area contributed by atoms with Crippen molar-refractivity contribution in [3.05, 3.63) is 35.7 Å². The van der Waals surface area contributed by atoms with Crippen LogP contribution in [0.4, 0.5) is 5.82 Å². The first-order valence-electron chi connectivity index (χ1n) is 8.36. The fraction of sp³-hybridized carbons (Fsp3) is 0.389. The summed E-state index contributed by atoms with van der Waals surface area (Å²) in [6, 6.07) is 7.98. The molecule has 132 valence electrons. The molecule has 0 atom stereocenters. The molecule has 7 heteroatoms. The number of aryl methyl sites for hydroxylation is 1. The molecule has 0 aliphatic heterocycles. The van der Waals surface area contributed by atoms with Gasteiger partial charge in [-0.3, -0.25) is 0 Å². The number of nitrogens with zero attached hydrogens (tertiary/aromatic N) is 4. The highest BCUT2D eigenvalue weighted by molar-refractivity contribution is 5.88. The van der Waals surface area contributed by atoms with Gasteiger partial charge in [-0.1, -0.05) is 25.5 Å². The molecule has 0 saturated heterocycles. The molecule has 0 bridgehead atoms. The molecular formula is C18H23N5O2. The number of unbranched alkanes of at least 4 members (excludes halogenated alkanes) is 1. The van der Waals surface area contributed by atoms with Crippen LogP contribution in [0.3, 0.4) is 0 Å². The predicted molar refractivity (Wildman–Crippen MR) is 97.0 cm³/mol. The topological polar surface area (TPSA) is 88.1 Å². The van der Waals surface area contributed by atoms with Gasteiger partial charge in [0.15, 0.2) is 5.82 Å². The Morgan fingerprint density at radius 1 is 1.08 bits per heavy atom. The predicted octanol–water partition coefficient (Wildman–Crippen LogP) is 2.82. The van der Waals surface area contributed by atoms with Crippen LogP contribution in [0, 0.1) is 0 Å². The molecule has 0 radical (unpaired) electrons. The van der Waals surface area contributed by atoms with Gasteiger partial charge in [0.05, 0.1) is 14.2 Å². The number of nitrogens with two attached hydrogens (primary N) is 1. The molecule has 3 aromatic rings. The maximum absolute atomic E-state index is 6.00. The van der Waals surface area contributed by atoms with E-state index < -0.39 is 0 Å². The van der Waals surface area contributed by atoms with Crippen molar-refractivity contribution in [2.75, 3.05) is 20.0 Å². The Bertz CT molecular complexity index is 858. The average molecular weight is 341 g/mol. The summed E-state index contributed by atoms with van der Waals surface area (Å²) in [4.78, 5) is 4.72. The Morgan fingerprint density at radius 2 is 1.84 bits per heavy atom. The van der Waals surface area contributed by atoms with Crippen LogP contribution >= 0.6 is 0 Å². The van der Waals surface area contributed by atoms with Gasteiger partial charge >= 0.3 is 0 Å². The molecule has 0 unspecified atom stereocenters. The van der Waals surface area contributed by atoms with Crippen LogP contribution in [-0.2, 0) is 13.0 Å². The molecule has 0 fully saturated rings. The van der Waals surface area contributed by atoms with Crippen molar-refractivity contribution in [2.24, 2.45) is 0 Å². The number of methoxy groups -OCH3 is 2. The summed E-state index contributed by atoms with van der Waals surface area (Å²) in [6.07, 6.45) is 3.01. The van der Waals surface area contributed by atoms with Crippen LogP contribution in [0.2, 0.25) is 0 Å². The summed E-state index contributed by atoms with van der Waals surface area (Å²) in [5.41, 5.74) is 8.57. The fourth-order valence-corrected chi connectivity index (χ4v) is 2.84. The third kappa shape index (κ3) is 3.35. The van der Waals surface area contributed by atoms with E-state index in [0.717, 1.165) is 41.9 Å². The number of rotatable bonds is 7. The highest BCUT2D eigenvalue weighted by Crippen LogP contribution is 2.28. The van der Waals surface area contributed by atoms with Crippen LogP contribution in [0.15, 0.2) is 24.3 Å². The highest BCUT2D eigenvalue weighted by atomic mass is 16.5. The summed E-state index contributed by atoms with van der Waals surface area (Å²) in [7, 11) is 3.24. The van der Waals surface area contributed by atoms with Crippen LogP contribution < -0.4 is 15.2 Å². The second-order valence-corrected chi connectivity index (χ2v) is 5.86. The van der Waals surface area contributed by atoms with Crippen molar-refractivity contribution in [3.8, 4) is 11.6 Å². The molecule has 0 aliphatic carbocycles. The Kier molecular flexibility index (Phi) is 5.02. The molecule has 1 aromatic carbocycles. The summed E-state index contributed by atoms with van der Waals surface area (Å²) in [5.74, 6) is 2.56. The van der Waals surface area contributed by atoms with Gasteiger partial charge in [-0.05, 0) is 24.1 Å². The van der Waals surface area contributed by atoms with E-state index in [1.165, 1.54) is 0 Å². The van der Waals surface area contributed by atoms with E-state index in [4.69, 9.17) is 20.2 Å². The van der Waals surface area contributed by atoms with E-state index in [1.54, 1.807) is 14.2 Å². The molecule has 2 heterocycles. The molecule has 7 nitrogen and oxygen atoms in total. The molecule has 0 saturated carbocycles. The van der Waals surface area contributed by atoms with Crippen LogP contribution in [-0.4, -0.2) is 34.0 Å². The second-order valence-electron chi connectivity index (χ2n) is 5.86. The zero-order valence-corrected chi connectivity index (χ0v) is 14.8. The number of benzene rings is 1. The first-order valence-corrected chi connectivity index (χ1v) is 8.36. The van der Waals surface area contributed by atoms with Gasteiger partial charge in [-0.25, -0.2) is 4.98 Å². The minimum Gasteiger partial charge on any atom is -0.497 e. The largest absolute Gasteiger partial charge is 0.497 e. The third-order valence-electron chi connectivity index (χ3n) is 4.19. The molecule has 0 aliphatic rings. The molecule has 0 amide bonds. The SMILES string of the molecule is CCCCc1nc2c(N)nnc(OC)c2n1Cc1ccc(OC)cc1. The minimum absolute atomic E-state index is 0.321. The number of ether oxygens (including phenoxy) is 2. The maximum atomic E-state index is 6.00. The van der Waals surface area contributed by atoms with Gasteiger partial charge in [0.2, 0.25) is 0 Å². The van der Waals surface area contributed by atoms with E-state index in [1.807, 2.05) is 24.3 Å². The Labute approximate surface area is 146 Å². The number of nitrogen functional groups attached to an aromatic ring is 1. The van der Waals surface area contributed by atoms with Crippen molar-refractivity contribution in [1.82, 2.24) is 19.7 Å². The van der Waals surface area contributed by atoms with Crippen molar-refractivity contribution in [2.45, 2.75) is 32.7 Å². The van der Waals surface area contributed by atoms with Crippen LogP contribution in [0.5, 0.6) is 11.6 Å². The number of hydrogen-bond acceptors (Lipinski definition) is 6. The lowest BCUT2D eigenvalue weighted by atomic mass is 10.2. The number of hydrogen-bond donors (Lipinski definition) is 1. The monoisotopic (exact) mass is 341 g/mol. The third-order valence-corrected chi connectivity index (χ3v) is 4.19. The van der Waals surface area contributed by atoms with Crippen molar-refractivity contribution in [1.29, 1.82) is 0 Å². The molecule has 25 heavy (non-hydrogen) atoms. The Hall–Kier alpha value is -2.83. The van der Waals surface area contributed by atoms with Gasteiger partial charge in [0.1, 0.15) is 22.6 Å². The van der Waals surface area contributed by atoms with Crippen molar-refractivity contribution < 1.29 is 9.47 Å². The van der Waals surface area contributed by atoms with Crippen LogP contribution in [0.1, 0.15) is 31.2 Å². The second kappa shape index (κ2) is 7.38. The smallest absolute Gasteiger partial charge is 0.259 e. The zero-order chi connectivity index (χ0) is 17.8. The lowest BCUT2D eigenvalue weighted by Crippen LogP contribution is -2.07. The summed E-state index contributed by atoms with van der Waals surface area (Å²) < 4.78 is 12.8. The van der Waals surface area contributed by atoms with Crippen molar-refractivity contribution in [3.63, 3.8) is 0 Å². The van der Waals surface area contributed by atoms with Crippen LogP contribution in [0.25, 0.3) is 11.0 Å². The summed E-state index contributed by atoms with van der Waals surface area (Å²) >= 11 is 0. The summed E-state index contributed by atoms with van der Waals surface area (Å²) in [5, 5.41) is 8.02. The quantitative estimate of drug-likeness (QED) is 0.711. The molecule has 2 N–H and O–H groups in total. The Balaban J connectivity index is 2.10. The molecule has 0 spiro atoms. The first kappa shape index (κ1) is 17.0. The van der Waals surface area contributed by atoms with Gasteiger partial charge in [0.25, 0.3) is 5.88 Å². The van der Waals surface area contributed by atoms with E-state index in [0.29, 0.717) is 23.8 Å². The number of fused-ring (bicyclic) bond motifs is 1. The normalized spacial score (nSPS) is 11.0. The lowest BCUT2D eigenvalue weighted by molar-refractivity contribution is 0.395. The van der Waals surface area contributed by atoms with E-state index in [-0.39, 0.29) is 0 Å². The van der Waals surface area contributed by atoms with Crippen molar-refractivity contribution >= 4 is 16.9 Å². The lowest BCUT2D eigenvalue weighted by Gasteiger charge is -2.11. The van der Waals surface area contributed by atoms with Gasteiger partial charge in [-0.2, -0.15) is 0 Å². The van der Waals surface area contributed by atoms with Gasteiger partial charge in [0, 0.05) is 13.0 Å². The highest BCUT2D eigenvalue weighted by Gasteiger charge is 2.19. The van der Waals surface area contributed by atoms with Gasteiger partial charge in [-0.15, -0.1) is 10.2 Å². The molecule has 3 rings (SSSR count). The minimum atomic E-state index is 0.321. The van der Waals surface area contributed by atoms with E-state index in [9.17, 15) is 0 Å². The number of anilines is 1. The maximum Gasteiger partial charge on any atom is 0.259 e. The van der Waals surface area contributed by atoms with E-state index >= 15 is 0 Å². The van der Waals surface area contributed by atoms with E-state index in [2.05, 4.69) is 21.7 Å². The molecular weight excluding hydrogens is 318 g/mol. The molecule has 2 aromatic heterocycles.